The first-order valence-electron chi connectivity index (χ1n) is 3.16. The van der Waals surface area contributed by atoms with E-state index in [9.17, 15) is 13.7 Å². The number of hydrogen-bond acceptors (Lipinski definition) is 5. The van der Waals surface area contributed by atoms with E-state index in [-0.39, 0.29) is 0 Å². The van der Waals surface area contributed by atoms with Gasteiger partial charge < -0.3 is 19.2 Å². The van der Waals surface area contributed by atoms with E-state index in [0.29, 0.717) is 0 Å². The molecule has 12 heteroatoms. The topological polar surface area (TPSA) is 130 Å². The maximum absolute atomic E-state index is 11.1. The van der Waals surface area contributed by atoms with E-state index < -0.39 is 22.9 Å². The van der Waals surface area contributed by atoms with Crippen molar-refractivity contribution >= 4 is 29.9 Å². The van der Waals surface area contributed by atoms with Crippen molar-refractivity contribution in [1.29, 1.82) is 0 Å². The van der Waals surface area contributed by atoms with E-state index in [2.05, 4.69) is 8.62 Å². The number of rotatable bonds is 5. The van der Waals surface area contributed by atoms with Crippen molar-refractivity contribution in [1.82, 2.24) is 0 Å². The second-order valence-corrected chi connectivity index (χ2v) is 7.85. The molecule has 14 heavy (non-hydrogen) atoms. The predicted octanol–water partition coefficient (Wildman–Crippen LogP) is 0.788. The summed E-state index contributed by atoms with van der Waals surface area (Å²) in [6.45, 7) is 3.30. The fourth-order valence-electron chi connectivity index (χ4n) is 0.401. The minimum atomic E-state index is -5.16. The second kappa shape index (κ2) is 4.60. The lowest BCUT2D eigenvalue weighted by atomic mass is 10.2. The summed E-state index contributed by atoms with van der Waals surface area (Å²) < 4.78 is 39.6. The fraction of sp³-hybridized carbons (Fsp3) is 1.00. The van der Waals surface area contributed by atoms with Gasteiger partial charge in [-0.3, -0.25) is 0 Å². The van der Waals surface area contributed by atoms with Gasteiger partial charge in [0.2, 0.25) is 7.00 Å². The molecule has 2 atom stereocenters. The first-order chi connectivity index (χ1) is 5.97. The summed E-state index contributed by atoms with van der Waals surface area (Å²) in [5.41, 5.74) is 0. The van der Waals surface area contributed by atoms with Crippen molar-refractivity contribution in [2.24, 2.45) is 0 Å². The Bertz CT molecular complexity index is 331. The van der Waals surface area contributed by atoms with Gasteiger partial charge >= 0.3 is 15.6 Å². The molecule has 0 aliphatic rings. The number of phosphoric acid groups is 2. The van der Waals surface area contributed by atoms with Crippen molar-refractivity contribution in [3.8, 4) is 0 Å². The largest absolute Gasteiger partial charge is 0.486 e. The molecular weight excluding hydrogens is 256 g/mol. The van der Waals surface area contributed by atoms with Crippen LogP contribution in [-0.4, -0.2) is 28.3 Å². The van der Waals surface area contributed by atoms with Crippen LogP contribution in [0.15, 0.2) is 0 Å². The zero-order valence-electron chi connectivity index (χ0n) is 7.30. The van der Waals surface area contributed by atoms with E-state index >= 15 is 0 Å². The van der Waals surface area contributed by atoms with E-state index in [0.717, 1.165) is 13.7 Å². The molecule has 0 bridgehead atoms. The molecule has 2 unspecified atom stereocenters. The van der Waals surface area contributed by atoms with Crippen molar-refractivity contribution in [3.05, 3.63) is 0 Å². The van der Waals surface area contributed by atoms with Crippen LogP contribution in [0.5, 0.6) is 0 Å². The highest BCUT2D eigenvalue weighted by molar-refractivity contribution is 7.90. The van der Waals surface area contributed by atoms with Gasteiger partial charge in [-0.15, -0.1) is 0 Å². The summed E-state index contributed by atoms with van der Waals surface area (Å²) in [5, 5.41) is 0. The zero-order valence-corrected chi connectivity index (χ0v) is 9.99. The third-order valence-corrected chi connectivity index (χ3v) is 5.68. The first-order valence-corrected chi connectivity index (χ1v) is 8.33. The molecule has 0 saturated carbocycles. The van der Waals surface area contributed by atoms with Gasteiger partial charge in [-0.25, -0.2) is 13.4 Å². The third kappa shape index (κ3) is 6.93. The lowest BCUT2D eigenvalue weighted by molar-refractivity contribution is 0.232. The fourth-order valence-corrected chi connectivity index (χ4v) is 3.88. The van der Waals surface area contributed by atoms with Crippen molar-refractivity contribution in [2.45, 2.75) is 6.82 Å². The van der Waals surface area contributed by atoms with Crippen LogP contribution in [0.1, 0.15) is 0 Å². The van der Waals surface area contributed by atoms with E-state index in [1.54, 1.807) is 0 Å². The van der Waals surface area contributed by atoms with E-state index in [1.165, 1.54) is 6.82 Å². The van der Waals surface area contributed by atoms with Crippen LogP contribution in [-0.2, 0) is 22.3 Å². The smallest absolute Gasteiger partial charge is 0.305 e. The van der Waals surface area contributed by atoms with Crippen molar-refractivity contribution in [2.75, 3.05) is 6.66 Å². The maximum atomic E-state index is 11.1. The average Bonchev–Trinajstić information content (AvgIpc) is 1.78. The Morgan fingerprint density at radius 1 is 1.07 bits per heavy atom. The highest BCUT2D eigenvalue weighted by Crippen LogP contribution is 2.65. The average molecular weight is 265 g/mol. The Kier molecular flexibility index (Phi) is 4.78. The molecule has 0 aromatic carbocycles. The molecular formula is C2H9BO8P3. The van der Waals surface area contributed by atoms with Gasteiger partial charge in [0.05, 0.1) is 0 Å². The number of hydrogen-bond donors (Lipinski definition) is 3. The zero-order chi connectivity index (χ0) is 11.6. The molecule has 0 aromatic rings. The normalized spacial score (nSPS) is 20.9. The molecule has 0 amide bonds. The van der Waals surface area contributed by atoms with Crippen LogP contribution >= 0.6 is 22.9 Å². The molecule has 1 radical (unpaired) electrons. The summed E-state index contributed by atoms with van der Waals surface area (Å²) >= 11 is 0. The monoisotopic (exact) mass is 265 g/mol. The molecule has 0 rings (SSSR count). The Morgan fingerprint density at radius 2 is 1.50 bits per heavy atom. The maximum Gasteiger partial charge on any atom is 0.486 e. The van der Waals surface area contributed by atoms with Crippen LogP contribution in [0.25, 0.3) is 0 Å². The summed E-state index contributed by atoms with van der Waals surface area (Å²) in [7, 11) is -13.7. The Morgan fingerprint density at radius 3 is 1.79 bits per heavy atom. The molecule has 0 heterocycles. The molecule has 0 aliphatic carbocycles. The molecule has 8 nitrogen and oxygen atoms in total. The second-order valence-electron chi connectivity index (χ2n) is 2.29. The molecule has 0 saturated heterocycles. The van der Waals surface area contributed by atoms with Crippen LogP contribution in [0.2, 0.25) is 6.82 Å². The Hall–Kier alpha value is 0.555. The van der Waals surface area contributed by atoms with Gasteiger partial charge in [0.15, 0.2) is 7.25 Å². The van der Waals surface area contributed by atoms with Gasteiger partial charge in [0.1, 0.15) is 0 Å². The summed E-state index contributed by atoms with van der Waals surface area (Å²) in [6.07, 6.45) is 0. The molecule has 0 spiro atoms. The van der Waals surface area contributed by atoms with Crippen LogP contribution in [0, 0.1) is 0 Å². The van der Waals surface area contributed by atoms with E-state index in [4.69, 9.17) is 14.7 Å². The summed E-state index contributed by atoms with van der Waals surface area (Å²) in [5.74, 6) is 0. The van der Waals surface area contributed by atoms with Crippen molar-refractivity contribution < 1.29 is 37.0 Å². The first kappa shape index (κ1) is 14.6. The van der Waals surface area contributed by atoms with Gasteiger partial charge in [0, 0.05) is 6.66 Å². The highest BCUT2D eigenvalue weighted by Gasteiger charge is 2.37. The Balaban J connectivity index is 4.60. The molecule has 83 valence electrons. The van der Waals surface area contributed by atoms with Gasteiger partial charge in [0.25, 0.3) is 0 Å². The Labute approximate surface area is 81.1 Å². The minimum Gasteiger partial charge on any atom is -0.305 e. The molecule has 3 N–H and O–H groups in total. The highest BCUT2D eigenvalue weighted by atomic mass is 31.3. The minimum absolute atomic E-state index is 0.999. The van der Waals surface area contributed by atoms with Gasteiger partial charge in [-0.05, 0) is 0 Å². The van der Waals surface area contributed by atoms with Crippen molar-refractivity contribution in [3.63, 3.8) is 0 Å². The van der Waals surface area contributed by atoms with Crippen LogP contribution in [0.4, 0.5) is 0 Å². The standard InChI is InChI=1S/C2H9BO8P3/c1-3-12(2,4)10-14(8,9)11-13(5,6)7/h1-2H3,(H,8,9)(H2,5,6,7). The SMILES string of the molecule is C[B]P(C)(=O)OP(=O)(O)OP(=O)(O)O. The predicted molar refractivity (Wildman–Crippen MR) is 49.2 cm³/mol. The van der Waals surface area contributed by atoms with Crippen LogP contribution in [0.3, 0.4) is 0 Å². The molecule has 0 aromatic heterocycles. The van der Waals surface area contributed by atoms with Crippen LogP contribution < -0.4 is 0 Å². The summed E-state index contributed by atoms with van der Waals surface area (Å²) in [6, 6.07) is 0. The van der Waals surface area contributed by atoms with Gasteiger partial charge in [-0.2, -0.15) is 4.31 Å². The van der Waals surface area contributed by atoms with E-state index in [1.807, 2.05) is 0 Å². The lowest BCUT2D eigenvalue weighted by Crippen LogP contribution is -1.95. The molecule has 0 fully saturated rings. The third-order valence-electron chi connectivity index (χ3n) is 0.944. The quantitative estimate of drug-likeness (QED) is 0.491. The van der Waals surface area contributed by atoms with Gasteiger partial charge in [-0.1, -0.05) is 6.82 Å². The molecule has 0 aliphatic heterocycles. The summed E-state index contributed by atoms with van der Waals surface area (Å²) in [4.78, 5) is 25.1. The lowest BCUT2D eigenvalue weighted by Gasteiger charge is -2.16.